The number of aromatic nitrogens is 2. The van der Waals surface area contributed by atoms with Gasteiger partial charge in [-0.2, -0.15) is 5.10 Å². The van der Waals surface area contributed by atoms with Crippen LogP contribution in [0.15, 0.2) is 24.4 Å². The van der Waals surface area contributed by atoms with E-state index in [1.165, 1.54) is 18.2 Å². The number of hydrogen-bond donors (Lipinski definition) is 1. The molecule has 6 heteroatoms. The molecule has 0 aliphatic rings. The van der Waals surface area contributed by atoms with Gasteiger partial charge in [-0.15, -0.1) is 0 Å². The second-order valence-electron chi connectivity index (χ2n) is 4.09. The highest BCUT2D eigenvalue weighted by atomic mass is 127. The van der Waals surface area contributed by atoms with Crippen molar-refractivity contribution >= 4 is 34.2 Å². The van der Waals surface area contributed by atoms with Gasteiger partial charge in [0.2, 0.25) is 0 Å². The van der Waals surface area contributed by atoms with E-state index >= 15 is 0 Å². The number of anilines is 1. The molecule has 0 aliphatic heterocycles. The molecular formula is C13H13FIN3O. The lowest BCUT2D eigenvalue weighted by molar-refractivity contribution is 0.102. The average molecular weight is 373 g/mol. The number of aryl methyl sites for hydroxylation is 2. The standard InChI is InChI=1S/C13H13FIN3O/c1-3-11-12(7-18(2)17-11)16-13(19)9-5-4-8(14)6-10(9)15/h4-7H,3H2,1-2H3,(H,16,19). The van der Waals surface area contributed by atoms with Crippen LogP contribution in [0.2, 0.25) is 0 Å². The molecule has 1 N–H and O–H groups in total. The molecule has 1 aromatic carbocycles. The lowest BCUT2D eigenvalue weighted by Gasteiger charge is -2.06. The van der Waals surface area contributed by atoms with E-state index in [0.717, 1.165) is 12.1 Å². The van der Waals surface area contributed by atoms with E-state index in [0.29, 0.717) is 14.8 Å². The van der Waals surface area contributed by atoms with Crippen molar-refractivity contribution in [2.45, 2.75) is 13.3 Å². The Kier molecular flexibility index (Phi) is 4.18. The minimum atomic E-state index is -0.350. The fourth-order valence-electron chi connectivity index (χ4n) is 1.76. The molecule has 2 aromatic rings. The lowest BCUT2D eigenvalue weighted by Crippen LogP contribution is -2.14. The van der Waals surface area contributed by atoms with Crippen molar-refractivity contribution < 1.29 is 9.18 Å². The topological polar surface area (TPSA) is 46.9 Å². The van der Waals surface area contributed by atoms with Crippen LogP contribution >= 0.6 is 22.6 Å². The smallest absolute Gasteiger partial charge is 0.256 e. The molecule has 0 atom stereocenters. The zero-order valence-electron chi connectivity index (χ0n) is 10.6. The Morgan fingerprint density at radius 1 is 1.53 bits per heavy atom. The summed E-state index contributed by atoms with van der Waals surface area (Å²) in [5, 5.41) is 7.06. The van der Waals surface area contributed by atoms with Crippen molar-refractivity contribution in [1.82, 2.24) is 9.78 Å². The minimum Gasteiger partial charge on any atom is -0.319 e. The van der Waals surface area contributed by atoms with E-state index in [9.17, 15) is 9.18 Å². The van der Waals surface area contributed by atoms with Crippen LogP contribution in [0.25, 0.3) is 0 Å². The summed E-state index contributed by atoms with van der Waals surface area (Å²) in [6, 6.07) is 4.09. The summed E-state index contributed by atoms with van der Waals surface area (Å²) < 4.78 is 15.2. The Hall–Kier alpha value is -1.44. The van der Waals surface area contributed by atoms with Crippen LogP contribution in [0.5, 0.6) is 0 Å². The van der Waals surface area contributed by atoms with Crippen LogP contribution in [-0.4, -0.2) is 15.7 Å². The molecule has 2 rings (SSSR count). The van der Waals surface area contributed by atoms with E-state index in [1.807, 2.05) is 29.5 Å². The largest absolute Gasteiger partial charge is 0.319 e. The van der Waals surface area contributed by atoms with E-state index < -0.39 is 0 Å². The van der Waals surface area contributed by atoms with Crippen LogP contribution in [0.3, 0.4) is 0 Å². The summed E-state index contributed by atoms with van der Waals surface area (Å²) in [4.78, 5) is 12.1. The first-order chi connectivity index (χ1) is 9.01. The number of rotatable bonds is 3. The van der Waals surface area contributed by atoms with Gasteiger partial charge in [-0.1, -0.05) is 6.92 Å². The van der Waals surface area contributed by atoms with Crippen molar-refractivity contribution in [3.8, 4) is 0 Å². The molecule has 1 amide bonds. The number of hydrogen-bond acceptors (Lipinski definition) is 2. The first kappa shape index (κ1) is 14.0. The summed E-state index contributed by atoms with van der Waals surface area (Å²) in [7, 11) is 1.80. The highest BCUT2D eigenvalue weighted by Crippen LogP contribution is 2.18. The van der Waals surface area contributed by atoms with E-state index in [4.69, 9.17) is 0 Å². The van der Waals surface area contributed by atoms with Crippen molar-refractivity contribution in [2.75, 3.05) is 5.32 Å². The molecule has 4 nitrogen and oxygen atoms in total. The number of nitrogens with one attached hydrogen (secondary N) is 1. The van der Waals surface area contributed by atoms with Crippen molar-refractivity contribution in [3.05, 3.63) is 45.0 Å². The molecule has 0 saturated heterocycles. The molecule has 100 valence electrons. The van der Waals surface area contributed by atoms with Gasteiger partial charge in [0.05, 0.1) is 16.9 Å². The predicted octanol–water partition coefficient (Wildman–Crippen LogP) is 2.98. The fourth-order valence-corrected chi connectivity index (χ4v) is 2.49. The maximum absolute atomic E-state index is 13.0. The second kappa shape index (κ2) is 5.68. The number of benzene rings is 1. The number of nitrogens with zero attached hydrogens (tertiary/aromatic N) is 2. The molecule has 0 unspecified atom stereocenters. The van der Waals surface area contributed by atoms with Gasteiger partial charge in [-0.05, 0) is 47.2 Å². The Balaban J connectivity index is 2.25. The molecule has 1 heterocycles. The van der Waals surface area contributed by atoms with Gasteiger partial charge in [0.25, 0.3) is 5.91 Å². The quantitative estimate of drug-likeness (QED) is 0.841. The monoisotopic (exact) mass is 373 g/mol. The van der Waals surface area contributed by atoms with Crippen LogP contribution in [0, 0.1) is 9.39 Å². The second-order valence-corrected chi connectivity index (χ2v) is 5.26. The summed E-state index contributed by atoms with van der Waals surface area (Å²) in [6.07, 6.45) is 2.49. The third kappa shape index (κ3) is 3.12. The van der Waals surface area contributed by atoms with E-state index in [1.54, 1.807) is 17.9 Å². The number of halogens is 2. The third-order valence-corrected chi connectivity index (χ3v) is 3.56. The minimum absolute atomic E-state index is 0.257. The first-order valence-corrected chi connectivity index (χ1v) is 6.88. The maximum Gasteiger partial charge on any atom is 0.256 e. The Labute approximate surface area is 124 Å². The van der Waals surface area contributed by atoms with Crippen LogP contribution in [0.4, 0.5) is 10.1 Å². The number of carbonyl (C=O) groups excluding carboxylic acids is 1. The number of amides is 1. The average Bonchev–Trinajstić information content (AvgIpc) is 2.69. The zero-order chi connectivity index (χ0) is 14.0. The van der Waals surface area contributed by atoms with Gasteiger partial charge in [0.1, 0.15) is 5.82 Å². The van der Waals surface area contributed by atoms with Gasteiger partial charge in [-0.25, -0.2) is 4.39 Å². The molecule has 0 radical (unpaired) electrons. The van der Waals surface area contributed by atoms with Crippen molar-refractivity contribution in [2.24, 2.45) is 7.05 Å². The molecule has 0 fully saturated rings. The van der Waals surface area contributed by atoms with Gasteiger partial charge < -0.3 is 5.32 Å². The molecule has 0 saturated carbocycles. The third-order valence-electron chi connectivity index (χ3n) is 2.66. The van der Waals surface area contributed by atoms with Crippen molar-refractivity contribution in [1.29, 1.82) is 0 Å². The summed E-state index contributed by atoms with van der Waals surface area (Å²) in [5.41, 5.74) is 1.97. The molecular weight excluding hydrogens is 360 g/mol. The molecule has 19 heavy (non-hydrogen) atoms. The highest BCUT2D eigenvalue weighted by molar-refractivity contribution is 14.1. The lowest BCUT2D eigenvalue weighted by atomic mass is 10.2. The Morgan fingerprint density at radius 3 is 2.89 bits per heavy atom. The van der Waals surface area contributed by atoms with Crippen LogP contribution in [-0.2, 0) is 13.5 Å². The Bertz CT molecular complexity index is 624. The normalized spacial score (nSPS) is 10.5. The van der Waals surface area contributed by atoms with Crippen LogP contribution < -0.4 is 5.32 Å². The summed E-state index contributed by atoms with van der Waals surface area (Å²) in [6.45, 7) is 1.97. The predicted molar refractivity (Wildman–Crippen MR) is 79.7 cm³/mol. The van der Waals surface area contributed by atoms with Gasteiger partial charge in [0.15, 0.2) is 0 Å². The first-order valence-electron chi connectivity index (χ1n) is 5.80. The fraction of sp³-hybridized carbons (Fsp3) is 0.231. The SMILES string of the molecule is CCc1nn(C)cc1NC(=O)c1ccc(F)cc1I. The van der Waals surface area contributed by atoms with Crippen LogP contribution in [0.1, 0.15) is 23.0 Å². The molecule has 0 aliphatic carbocycles. The van der Waals surface area contributed by atoms with Crippen molar-refractivity contribution in [3.63, 3.8) is 0 Å². The van der Waals surface area contributed by atoms with Gasteiger partial charge >= 0.3 is 0 Å². The maximum atomic E-state index is 13.0. The number of carbonyl (C=O) groups is 1. The van der Waals surface area contributed by atoms with E-state index in [-0.39, 0.29) is 11.7 Å². The zero-order valence-corrected chi connectivity index (χ0v) is 12.7. The summed E-state index contributed by atoms with van der Waals surface area (Å²) in [5.74, 6) is -0.608. The van der Waals surface area contributed by atoms with Gasteiger partial charge in [-0.3, -0.25) is 9.48 Å². The summed E-state index contributed by atoms with van der Waals surface area (Å²) >= 11 is 1.95. The Morgan fingerprint density at radius 2 is 2.26 bits per heavy atom. The van der Waals surface area contributed by atoms with E-state index in [2.05, 4.69) is 10.4 Å². The molecule has 0 spiro atoms. The van der Waals surface area contributed by atoms with Gasteiger partial charge in [0, 0.05) is 16.8 Å². The molecule has 0 bridgehead atoms. The highest BCUT2D eigenvalue weighted by Gasteiger charge is 2.14. The molecule has 1 aromatic heterocycles.